The van der Waals surface area contributed by atoms with Crippen molar-refractivity contribution >= 4 is 28.2 Å². The zero-order chi connectivity index (χ0) is 14.8. The molecule has 2 N–H and O–H groups in total. The smallest absolute Gasteiger partial charge is 0.257 e. The number of aryl methyl sites for hydroxylation is 1. The van der Waals surface area contributed by atoms with Crippen LogP contribution in [0.5, 0.6) is 0 Å². The number of carbonyl (C=O) groups excluding carboxylic acids is 1. The number of para-hydroxylation sites is 1. The number of anilines is 2. The van der Waals surface area contributed by atoms with Crippen LogP contribution in [0.15, 0.2) is 48.7 Å². The van der Waals surface area contributed by atoms with Gasteiger partial charge in [0.15, 0.2) is 0 Å². The van der Waals surface area contributed by atoms with E-state index in [1.807, 2.05) is 49.6 Å². The summed E-state index contributed by atoms with van der Waals surface area (Å²) < 4.78 is 1.76. The van der Waals surface area contributed by atoms with E-state index in [0.717, 1.165) is 22.3 Å². The maximum Gasteiger partial charge on any atom is 0.257 e. The Kier molecular flexibility index (Phi) is 3.31. The molecule has 1 amide bonds. The van der Waals surface area contributed by atoms with Gasteiger partial charge in [-0.1, -0.05) is 12.1 Å². The van der Waals surface area contributed by atoms with Crippen molar-refractivity contribution in [2.45, 2.75) is 0 Å². The molecule has 0 bridgehead atoms. The van der Waals surface area contributed by atoms with E-state index in [1.54, 1.807) is 17.8 Å². The summed E-state index contributed by atoms with van der Waals surface area (Å²) in [4.78, 5) is 12.4. The van der Waals surface area contributed by atoms with E-state index in [4.69, 9.17) is 0 Å². The summed E-state index contributed by atoms with van der Waals surface area (Å²) in [6, 6.07) is 13.1. The number of fused-ring (bicyclic) bond motifs is 1. The van der Waals surface area contributed by atoms with Gasteiger partial charge in [0.05, 0.1) is 11.1 Å². The molecular weight excluding hydrogens is 264 g/mol. The molecule has 1 aromatic heterocycles. The predicted octanol–water partition coefficient (Wildman–Crippen LogP) is 2.87. The highest BCUT2D eigenvalue weighted by Crippen LogP contribution is 2.20. The Balaban J connectivity index is 1.88. The molecule has 0 unspecified atom stereocenters. The number of hydrogen-bond donors (Lipinski definition) is 2. The van der Waals surface area contributed by atoms with E-state index in [2.05, 4.69) is 15.7 Å². The van der Waals surface area contributed by atoms with Gasteiger partial charge in [-0.15, -0.1) is 0 Å². The number of nitrogens with zero attached hydrogens (tertiary/aromatic N) is 2. The normalized spacial score (nSPS) is 10.6. The van der Waals surface area contributed by atoms with Crippen LogP contribution in [0.3, 0.4) is 0 Å². The fourth-order valence-corrected chi connectivity index (χ4v) is 2.31. The molecule has 5 nitrogen and oxygen atoms in total. The van der Waals surface area contributed by atoms with Gasteiger partial charge in [-0.3, -0.25) is 9.48 Å². The van der Waals surface area contributed by atoms with Crippen LogP contribution in [-0.4, -0.2) is 22.7 Å². The Bertz CT molecular complexity index is 807. The summed E-state index contributed by atoms with van der Waals surface area (Å²) in [6.07, 6.45) is 1.94. The molecule has 0 radical (unpaired) electrons. The second-order valence-corrected chi connectivity index (χ2v) is 4.83. The average Bonchev–Trinajstić information content (AvgIpc) is 2.86. The average molecular weight is 280 g/mol. The van der Waals surface area contributed by atoms with Gasteiger partial charge < -0.3 is 10.6 Å². The van der Waals surface area contributed by atoms with Crippen LogP contribution >= 0.6 is 0 Å². The number of hydrogen-bond acceptors (Lipinski definition) is 3. The van der Waals surface area contributed by atoms with E-state index in [0.29, 0.717) is 5.56 Å². The molecule has 3 rings (SSSR count). The van der Waals surface area contributed by atoms with Gasteiger partial charge in [-0.05, 0) is 30.3 Å². The molecule has 0 spiro atoms. The van der Waals surface area contributed by atoms with Gasteiger partial charge in [-0.25, -0.2) is 0 Å². The molecule has 1 heterocycles. The van der Waals surface area contributed by atoms with Crippen molar-refractivity contribution in [2.75, 3.05) is 17.7 Å². The largest absolute Gasteiger partial charge is 0.387 e. The fraction of sp³-hybridized carbons (Fsp3) is 0.125. The first-order chi connectivity index (χ1) is 10.2. The van der Waals surface area contributed by atoms with Crippen LogP contribution in [0.25, 0.3) is 10.9 Å². The van der Waals surface area contributed by atoms with Crippen LogP contribution in [-0.2, 0) is 7.05 Å². The van der Waals surface area contributed by atoms with Crippen molar-refractivity contribution in [1.29, 1.82) is 0 Å². The lowest BCUT2D eigenvalue weighted by molar-refractivity contribution is 0.102. The van der Waals surface area contributed by atoms with Crippen LogP contribution in [0, 0.1) is 0 Å². The summed E-state index contributed by atoms with van der Waals surface area (Å²) >= 11 is 0. The molecule has 0 aliphatic rings. The molecule has 0 saturated heterocycles. The van der Waals surface area contributed by atoms with Gasteiger partial charge in [-0.2, -0.15) is 5.10 Å². The lowest BCUT2D eigenvalue weighted by Crippen LogP contribution is -2.13. The van der Waals surface area contributed by atoms with Gasteiger partial charge in [0, 0.05) is 37.1 Å². The molecule has 5 heteroatoms. The number of rotatable bonds is 3. The Morgan fingerprint density at radius 2 is 2.00 bits per heavy atom. The number of nitrogens with one attached hydrogen (secondary N) is 2. The molecule has 0 fully saturated rings. The topological polar surface area (TPSA) is 59.0 Å². The van der Waals surface area contributed by atoms with Gasteiger partial charge in [0.2, 0.25) is 0 Å². The standard InChI is InChI=1S/C16H16N4O/c1-17-14-6-4-3-5-13(14)16(21)18-12-8-7-11-10-20(2)19-15(11)9-12/h3-10,17H,1-2H3,(H,18,21). The highest BCUT2D eigenvalue weighted by atomic mass is 16.1. The van der Waals surface area contributed by atoms with Crippen LogP contribution < -0.4 is 10.6 Å². The quantitative estimate of drug-likeness (QED) is 0.775. The fourth-order valence-electron chi connectivity index (χ4n) is 2.31. The summed E-state index contributed by atoms with van der Waals surface area (Å²) in [6.45, 7) is 0. The van der Waals surface area contributed by atoms with Crippen molar-refractivity contribution in [3.63, 3.8) is 0 Å². The zero-order valence-corrected chi connectivity index (χ0v) is 11.9. The van der Waals surface area contributed by atoms with Crippen LogP contribution in [0.2, 0.25) is 0 Å². The summed E-state index contributed by atoms with van der Waals surface area (Å²) in [5.74, 6) is -0.143. The Morgan fingerprint density at radius 1 is 1.19 bits per heavy atom. The summed E-state index contributed by atoms with van der Waals surface area (Å²) in [5.41, 5.74) is 3.00. The highest BCUT2D eigenvalue weighted by molar-refractivity contribution is 6.08. The molecule has 106 valence electrons. The van der Waals surface area contributed by atoms with Crippen molar-refractivity contribution < 1.29 is 4.79 Å². The second-order valence-electron chi connectivity index (χ2n) is 4.83. The van der Waals surface area contributed by atoms with Crippen molar-refractivity contribution in [3.8, 4) is 0 Å². The van der Waals surface area contributed by atoms with E-state index in [1.165, 1.54) is 0 Å². The number of carbonyl (C=O) groups is 1. The Labute approximate surface area is 122 Å². The Hall–Kier alpha value is -2.82. The van der Waals surface area contributed by atoms with E-state index < -0.39 is 0 Å². The maximum atomic E-state index is 12.4. The van der Waals surface area contributed by atoms with Gasteiger partial charge in [0.1, 0.15) is 0 Å². The third kappa shape index (κ3) is 2.58. The minimum Gasteiger partial charge on any atom is -0.387 e. The molecule has 0 aliphatic carbocycles. The maximum absolute atomic E-state index is 12.4. The summed E-state index contributed by atoms with van der Waals surface area (Å²) in [5, 5.41) is 11.3. The highest BCUT2D eigenvalue weighted by Gasteiger charge is 2.10. The minimum atomic E-state index is -0.143. The molecule has 0 saturated carbocycles. The lowest BCUT2D eigenvalue weighted by Gasteiger charge is -2.09. The van der Waals surface area contributed by atoms with E-state index >= 15 is 0 Å². The van der Waals surface area contributed by atoms with E-state index in [9.17, 15) is 4.79 Å². The third-order valence-corrected chi connectivity index (χ3v) is 3.32. The SMILES string of the molecule is CNc1ccccc1C(=O)Nc1ccc2cn(C)nc2c1. The van der Waals surface area contributed by atoms with Gasteiger partial charge >= 0.3 is 0 Å². The first-order valence-corrected chi connectivity index (χ1v) is 6.69. The number of amides is 1. The van der Waals surface area contributed by atoms with Crippen LogP contribution in [0.4, 0.5) is 11.4 Å². The van der Waals surface area contributed by atoms with Gasteiger partial charge in [0.25, 0.3) is 5.91 Å². The zero-order valence-electron chi connectivity index (χ0n) is 11.9. The first-order valence-electron chi connectivity index (χ1n) is 6.69. The molecule has 0 aliphatic heterocycles. The molecule has 0 atom stereocenters. The second kappa shape index (κ2) is 5.28. The Morgan fingerprint density at radius 3 is 2.81 bits per heavy atom. The third-order valence-electron chi connectivity index (χ3n) is 3.32. The first kappa shape index (κ1) is 13.2. The van der Waals surface area contributed by atoms with Crippen molar-refractivity contribution in [3.05, 3.63) is 54.2 Å². The number of benzene rings is 2. The molecule has 2 aromatic carbocycles. The lowest BCUT2D eigenvalue weighted by atomic mass is 10.1. The molecule has 3 aromatic rings. The van der Waals surface area contributed by atoms with Crippen LogP contribution in [0.1, 0.15) is 10.4 Å². The minimum absolute atomic E-state index is 0.143. The van der Waals surface area contributed by atoms with Crippen molar-refractivity contribution in [1.82, 2.24) is 9.78 Å². The predicted molar refractivity (Wildman–Crippen MR) is 84.7 cm³/mol. The summed E-state index contributed by atoms with van der Waals surface area (Å²) in [7, 11) is 3.67. The van der Waals surface area contributed by atoms with E-state index in [-0.39, 0.29) is 5.91 Å². The number of aromatic nitrogens is 2. The monoisotopic (exact) mass is 280 g/mol. The molecular formula is C16H16N4O. The molecule has 21 heavy (non-hydrogen) atoms. The van der Waals surface area contributed by atoms with Crippen molar-refractivity contribution in [2.24, 2.45) is 7.05 Å².